The molecule has 0 amide bonds. The first-order valence-corrected chi connectivity index (χ1v) is 10.7. The molecule has 4 aromatic carbocycles. The molecular formula is C28H23N3. The molecule has 0 saturated carbocycles. The summed E-state index contributed by atoms with van der Waals surface area (Å²) < 4.78 is 2.39. The Hall–Kier alpha value is -3.82. The third kappa shape index (κ3) is 3.11. The van der Waals surface area contributed by atoms with E-state index in [-0.39, 0.29) is 12.3 Å². The van der Waals surface area contributed by atoms with Crippen molar-refractivity contribution in [3.05, 3.63) is 126 Å². The molecule has 0 fully saturated rings. The minimum Gasteiger partial charge on any atom is -0.352 e. The largest absolute Gasteiger partial charge is 0.352 e. The van der Waals surface area contributed by atoms with Gasteiger partial charge in [-0.15, -0.1) is 0 Å². The van der Waals surface area contributed by atoms with Gasteiger partial charge in [0.25, 0.3) is 0 Å². The van der Waals surface area contributed by atoms with Gasteiger partial charge in [0.15, 0.2) is 6.29 Å². The van der Waals surface area contributed by atoms with Crippen molar-refractivity contribution in [1.82, 2.24) is 15.2 Å². The fourth-order valence-electron chi connectivity index (χ4n) is 4.64. The van der Waals surface area contributed by atoms with Gasteiger partial charge in [-0.25, -0.2) is 0 Å². The zero-order valence-electron chi connectivity index (χ0n) is 17.1. The second-order valence-electron chi connectivity index (χ2n) is 7.95. The highest BCUT2D eigenvalue weighted by atomic mass is 15.3. The predicted octanol–water partition coefficient (Wildman–Crippen LogP) is 6.23. The van der Waals surface area contributed by atoms with Gasteiger partial charge < -0.3 is 9.88 Å². The van der Waals surface area contributed by atoms with Gasteiger partial charge >= 0.3 is 0 Å². The summed E-state index contributed by atoms with van der Waals surface area (Å²) in [6.07, 6.45) is 2.20. The Morgan fingerprint density at radius 1 is 0.581 bits per heavy atom. The summed E-state index contributed by atoms with van der Waals surface area (Å²) in [4.78, 5) is 0. The first kappa shape index (κ1) is 18.0. The molecule has 1 aromatic heterocycles. The molecule has 31 heavy (non-hydrogen) atoms. The van der Waals surface area contributed by atoms with Crippen LogP contribution in [0.1, 0.15) is 23.5 Å². The van der Waals surface area contributed by atoms with Gasteiger partial charge in [0, 0.05) is 16.5 Å². The smallest absolute Gasteiger partial charge is 0.160 e. The highest BCUT2D eigenvalue weighted by Crippen LogP contribution is 2.34. The molecule has 2 atom stereocenters. The van der Waals surface area contributed by atoms with E-state index in [0.29, 0.717) is 0 Å². The van der Waals surface area contributed by atoms with Crippen molar-refractivity contribution in [2.45, 2.75) is 12.3 Å². The van der Waals surface area contributed by atoms with Gasteiger partial charge in [-0.2, -0.15) is 0 Å². The van der Waals surface area contributed by atoms with Crippen LogP contribution in [0.3, 0.4) is 0 Å². The average molecular weight is 402 g/mol. The van der Waals surface area contributed by atoms with Crippen LogP contribution in [0.2, 0.25) is 0 Å². The fourth-order valence-corrected chi connectivity index (χ4v) is 4.64. The minimum atomic E-state index is -0.0878. The van der Waals surface area contributed by atoms with Gasteiger partial charge in [0.05, 0.1) is 17.1 Å². The topological polar surface area (TPSA) is 29.0 Å². The number of hydrogen-bond donors (Lipinski definition) is 2. The molecular weight excluding hydrogens is 378 g/mol. The average Bonchev–Trinajstić information content (AvgIpc) is 3.19. The number of fused-ring (bicyclic) bond motifs is 3. The van der Waals surface area contributed by atoms with Crippen molar-refractivity contribution in [3.63, 3.8) is 0 Å². The summed E-state index contributed by atoms with van der Waals surface area (Å²) in [5.41, 5.74) is 6.02. The number of benzene rings is 4. The van der Waals surface area contributed by atoms with E-state index >= 15 is 0 Å². The normalized spacial score (nSPS) is 18.6. The number of hydrogen-bond acceptors (Lipinski definition) is 2. The zero-order valence-corrected chi connectivity index (χ0v) is 17.1. The lowest BCUT2D eigenvalue weighted by Crippen LogP contribution is -2.43. The highest BCUT2D eigenvalue weighted by molar-refractivity contribution is 6.08. The molecule has 2 unspecified atom stereocenters. The molecule has 150 valence electrons. The van der Waals surface area contributed by atoms with E-state index < -0.39 is 0 Å². The number of nitrogens with zero attached hydrogens (tertiary/aromatic N) is 1. The Bertz CT molecular complexity index is 1330. The van der Waals surface area contributed by atoms with Gasteiger partial charge in [0.2, 0.25) is 0 Å². The Morgan fingerprint density at radius 2 is 1.13 bits per heavy atom. The van der Waals surface area contributed by atoms with E-state index in [0.717, 1.165) is 5.70 Å². The molecule has 6 rings (SSSR count). The van der Waals surface area contributed by atoms with Crippen LogP contribution in [-0.4, -0.2) is 4.57 Å². The molecule has 1 aliphatic heterocycles. The standard InChI is InChI=1S/C28H23N3/c1-3-11-20(12-4-1)24-19-25(21-13-5-2-6-14-21)30-28(29-24)31-26-17-9-7-15-22(26)23-16-8-10-18-27(23)31/h1-19,24,28-30H. The third-order valence-electron chi connectivity index (χ3n) is 6.08. The van der Waals surface area contributed by atoms with Gasteiger partial charge in [-0.1, -0.05) is 97.1 Å². The van der Waals surface area contributed by atoms with Crippen molar-refractivity contribution < 1.29 is 0 Å². The van der Waals surface area contributed by atoms with E-state index in [1.165, 1.54) is 32.9 Å². The molecule has 0 radical (unpaired) electrons. The predicted molar refractivity (Wildman–Crippen MR) is 128 cm³/mol. The van der Waals surface area contributed by atoms with Crippen molar-refractivity contribution in [1.29, 1.82) is 0 Å². The molecule has 5 aromatic rings. The first-order chi connectivity index (χ1) is 15.4. The Morgan fingerprint density at radius 3 is 1.77 bits per heavy atom. The van der Waals surface area contributed by atoms with Crippen molar-refractivity contribution in [3.8, 4) is 0 Å². The molecule has 3 nitrogen and oxygen atoms in total. The maximum atomic E-state index is 3.83. The highest BCUT2D eigenvalue weighted by Gasteiger charge is 2.26. The summed E-state index contributed by atoms with van der Waals surface area (Å²) >= 11 is 0. The van der Waals surface area contributed by atoms with Gasteiger partial charge in [-0.05, 0) is 29.3 Å². The Labute approximate surface area is 181 Å². The summed E-state index contributed by atoms with van der Waals surface area (Å²) in [6, 6.07) is 38.6. The van der Waals surface area contributed by atoms with Crippen LogP contribution in [-0.2, 0) is 0 Å². The van der Waals surface area contributed by atoms with Gasteiger partial charge in [-0.3, -0.25) is 5.32 Å². The Balaban J connectivity index is 1.54. The SMILES string of the molecule is C1=C(c2ccccc2)NC(n2c3ccccc3c3ccccc32)NC1c1ccccc1. The molecule has 0 aliphatic carbocycles. The van der Waals surface area contributed by atoms with Crippen molar-refractivity contribution in [2.75, 3.05) is 0 Å². The monoisotopic (exact) mass is 401 g/mol. The second-order valence-corrected chi connectivity index (χ2v) is 7.95. The van der Waals surface area contributed by atoms with E-state index in [4.69, 9.17) is 0 Å². The van der Waals surface area contributed by atoms with Crippen LogP contribution < -0.4 is 10.6 Å². The maximum absolute atomic E-state index is 3.83. The lowest BCUT2D eigenvalue weighted by molar-refractivity contribution is 0.350. The quantitative estimate of drug-likeness (QED) is 0.375. The molecule has 2 N–H and O–H groups in total. The third-order valence-corrected chi connectivity index (χ3v) is 6.08. The van der Waals surface area contributed by atoms with E-state index in [2.05, 4.69) is 130 Å². The summed E-state index contributed by atoms with van der Waals surface area (Å²) in [5.74, 6) is 0. The molecule has 0 saturated heterocycles. The number of nitrogens with one attached hydrogen (secondary N) is 2. The zero-order chi connectivity index (χ0) is 20.6. The maximum Gasteiger partial charge on any atom is 0.160 e. The summed E-state index contributed by atoms with van der Waals surface area (Å²) in [7, 11) is 0. The minimum absolute atomic E-state index is 0.0878. The second kappa shape index (κ2) is 7.46. The van der Waals surface area contributed by atoms with Crippen LogP contribution in [0.15, 0.2) is 115 Å². The van der Waals surface area contributed by atoms with Gasteiger partial charge in [0.1, 0.15) is 0 Å². The summed E-state index contributed by atoms with van der Waals surface area (Å²) in [5, 5.41) is 10.1. The van der Waals surface area contributed by atoms with Crippen LogP contribution in [0.5, 0.6) is 0 Å². The first-order valence-electron chi connectivity index (χ1n) is 10.7. The summed E-state index contributed by atoms with van der Waals surface area (Å²) in [6.45, 7) is 0. The number of aromatic nitrogens is 1. The van der Waals surface area contributed by atoms with Crippen LogP contribution >= 0.6 is 0 Å². The fraction of sp³-hybridized carbons (Fsp3) is 0.0714. The van der Waals surface area contributed by atoms with Crippen molar-refractivity contribution in [2.24, 2.45) is 0 Å². The van der Waals surface area contributed by atoms with Crippen LogP contribution in [0, 0.1) is 0 Å². The lowest BCUT2D eigenvalue weighted by Gasteiger charge is -2.34. The molecule has 0 spiro atoms. The number of rotatable bonds is 3. The van der Waals surface area contributed by atoms with E-state index in [1.54, 1.807) is 0 Å². The lowest BCUT2D eigenvalue weighted by atomic mass is 10.0. The Kier molecular flexibility index (Phi) is 4.33. The number of para-hydroxylation sites is 2. The molecule has 1 aliphatic rings. The van der Waals surface area contributed by atoms with Crippen LogP contribution in [0.25, 0.3) is 27.5 Å². The van der Waals surface area contributed by atoms with E-state index in [9.17, 15) is 0 Å². The van der Waals surface area contributed by atoms with Crippen LogP contribution in [0.4, 0.5) is 0 Å². The molecule has 0 bridgehead atoms. The van der Waals surface area contributed by atoms with E-state index in [1.807, 2.05) is 0 Å². The van der Waals surface area contributed by atoms with Crippen molar-refractivity contribution >= 4 is 27.5 Å². The molecule has 3 heteroatoms. The molecule has 2 heterocycles.